The highest BCUT2D eigenvalue weighted by Crippen LogP contribution is 2.34. The van der Waals surface area contributed by atoms with Crippen molar-refractivity contribution in [2.45, 2.75) is 25.7 Å². The maximum absolute atomic E-state index is 12.7. The van der Waals surface area contributed by atoms with Gasteiger partial charge in [-0.2, -0.15) is 5.10 Å². The molecule has 7 heteroatoms. The van der Waals surface area contributed by atoms with Crippen molar-refractivity contribution in [1.29, 1.82) is 0 Å². The second-order valence-corrected chi connectivity index (χ2v) is 8.34. The highest BCUT2D eigenvalue weighted by molar-refractivity contribution is 7.18. The second-order valence-electron chi connectivity index (χ2n) is 6.85. The lowest BCUT2D eigenvalue weighted by molar-refractivity contribution is 0.700. The Morgan fingerprint density at radius 1 is 1.21 bits per heavy atom. The van der Waals surface area contributed by atoms with Crippen molar-refractivity contribution in [3.63, 3.8) is 0 Å². The van der Waals surface area contributed by atoms with Crippen LogP contribution in [-0.4, -0.2) is 19.7 Å². The van der Waals surface area contributed by atoms with Gasteiger partial charge in [-0.3, -0.25) is 4.79 Å². The maximum Gasteiger partial charge on any atom is 0.260 e. The van der Waals surface area contributed by atoms with Crippen LogP contribution >= 0.6 is 22.9 Å². The molecule has 0 spiro atoms. The molecule has 4 aromatic rings. The first kappa shape index (κ1) is 17.4. The van der Waals surface area contributed by atoms with Crippen molar-refractivity contribution in [2.24, 2.45) is 0 Å². The van der Waals surface area contributed by atoms with E-state index in [0.29, 0.717) is 10.9 Å². The van der Waals surface area contributed by atoms with Crippen LogP contribution in [-0.2, 0) is 12.8 Å². The van der Waals surface area contributed by atoms with Crippen LogP contribution in [0.1, 0.15) is 34.7 Å². The monoisotopic (exact) mass is 408 g/mol. The van der Waals surface area contributed by atoms with Crippen molar-refractivity contribution in [1.82, 2.24) is 19.7 Å². The molecule has 0 unspecified atom stereocenters. The smallest absolute Gasteiger partial charge is 0.260 e. The SMILES string of the molecule is O=c1[nH]c(/C(Cl)=C/c2cnn(-c3ccccc3)c2)nc2sc3c(c12)CCCC3. The molecule has 0 aliphatic heterocycles. The zero-order valence-electron chi connectivity index (χ0n) is 15.0. The topological polar surface area (TPSA) is 63.6 Å². The molecular formula is C21H17ClN4OS. The van der Waals surface area contributed by atoms with Crippen LogP contribution in [0.25, 0.3) is 27.0 Å². The van der Waals surface area contributed by atoms with Crippen molar-refractivity contribution in [3.05, 3.63) is 74.9 Å². The summed E-state index contributed by atoms with van der Waals surface area (Å²) in [6.45, 7) is 0. The molecule has 0 bridgehead atoms. The number of nitrogens with zero attached hydrogens (tertiary/aromatic N) is 3. The van der Waals surface area contributed by atoms with E-state index in [1.807, 2.05) is 36.5 Å². The lowest BCUT2D eigenvalue weighted by Crippen LogP contribution is -2.12. The fourth-order valence-electron chi connectivity index (χ4n) is 3.62. The Hall–Kier alpha value is -2.70. The van der Waals surface area contributed by atoms with Gasteiger partial charge in [-0.05, 0) is 49.5 Å². The number of benzene rings is 1. The number of rotatable bonds is 3. The summed E-state index contributed by atoms with van der Waals surface area (Å²) >= 11 is 8.11. The normalized spacial score (nSPS) is 14.4. The van der Waals surface area contributed by atoms with Crippen LogP contribution in [0.3, 0.4) is 0 Å². The Kier molecular flexibility index (Phi) is 4.37. The van der Waals surface area contributed by atoms with Gasteiger partial charge in [0, 0.05) is 16.6 Å². The Balaban J connectivity index is 1.51. The van der Waals surface area contributed by atoms with E-state index in [1.165, 1.54) is 16.9 Å². The number of para-hydroxylation sites is 1. The number of aryl methyl sites for hydroxylation is 2. The highest BCUT2D eigenvalue weighted by Gasteiger charge is 2.20. The van der Waals surface area contributed by atoms with Gasteiger partial charge in [-0.1, -0.05) is 29.8 Å². The third kappa shape index (κ3) is 3.08. The Morgan fingerprint density at radius 2 is 2.04 bits per heavy atom. The molecule has 0 saturated carbocycles. The molecule has 1 aromatic carbocycles. The Bertz CT molecular complexity index is 1250. The van der Waals surface area contributed by atoms with E-state index in [2.05, 4.69) is 15.1 Å². The lowest BCUT2D eigenvalue weighted by Gasteiger charge is -2.09. The summed E-state index contributed by atoms with van der Waals surface area (Å²) in [5.41, 5.74) is 2.87. The molecule has 0 amide bonds. The minimum atomic E-state index is -0.106. The van der Waals surface area contributed by atoms with Gasteiger partial charge in [0.2, 0.25) is 0 Å². The molecule has 0 radical (unpaired) electrons. The summed E-state index contributed by atoms with van der Waals surface area (Å²) in [4.78, 5) is 22.3. The molecule has 140 valence electrons. The summed E-state index contributed by atoms with van der Waals surface area (Å²) in [5, 5.41) is 5.50. The number of hydrogen-bond acceptors (Lipinski definition) is 4. The molecule has 1 aliphatic rings. The average molecular weight is 409 g/mol. The van der Waals surface area contributed by atoms with Crippen LogP contribution in [0.5, 0.6) is 0 Å². The number of H-pyrrole nitrogens is 1. The van der Waals surface area contributed by atoms with Crippen LogP contribution in [0.4, 0.5) is 0 Å². The van der Waals surface area contributed by atoms with Gasteiger partial charge in [0.05, 0.1) is 22.3 Å². The molecule has 5 nitrogen and oxygen atoms in total. The fourth-order valence-corrected chi connectivity index (χ4v) is 5.10. The van der Waals surface area contributed by atoms with Crippen LogP contribution in [0.2, 0.25) is 0 Å². The second kappa shape index (κ2) is 7.04. The number of halogens is 1. The van der Waals surface area contributed by atoms with E-state index in [-0.39, 0.29) is 5.56 Å². The maximum atomic E-state index is 12.7. The number of aromatic nitrogens is 4. The van der Waals surface area contributed by atoms with Crippen LogP contribution < -0.4 is 5.56 Å². The van der Waals surface area contributed by atoms with Gasteiger partial charge in [-0.15, -0.1) is 11.3 Å². The predicted octanol–water partition coefficient (Wildman–Crippen LogP) is 4.79. The third-order valence-electron chi connectivity index (χ3n) is 4.97. The molecule has 1 N–H and O–H groups in total. The zero-order chi connectivity index (χ0) is 19.1. The number of thiophene rings is 1. The molecule has 5 rings (SSSR count). The van der Waals surface area contributed by atoms with Crippen molar-refractivity contribution in [3.8, 4) is 5.69 Å². The molecule has 0 saturated heterocycles. The number of nitrogens with one attached hydrogen (secondary N) is 1. The van der Waals surface area contributed by atoms with E-state index in [4.69, 9.17) is 11.6 Å². The van der Waals surface area contributed by atoms with Crippen molar-refractivity contribution in [2.75, 3.05) is 0 Å². The van der Waals surface area contributed by atoms with E-state index in [9.17, 15) is 4.79 Å². The number of fused-ring (bicyclic) bond motifs is 3. The molecule has 3 heterocycles. The van der Waals surface area contributed by atoms with Gasteiger partial charge >= 0.3 is 0 Å². The molecule has 0 fully saturated rings. The molecule has 0 atom stereocenters. The Morgan fingerprint density at radius 3 is 2.89 bits per heavy atom. The minimum Gasteiger partial charge on any atom is -0.305 e. The molecule has 3 aromatic heterocycles. The lowest BCUT2D eigenvalue weighted by atomic mass is 9.97. The average Bonchev–Trinajstić information content (AvgIpc) is 3.33. The largest absolute Gasteiger partial charge is 0.305 e. The molecule has 1 aliphatic carbocycles. The molecular weight excluding hydrogens is 392 g/mol. The van der Waals surface area contributed by atoms with E-state index in [0.717, 1.165) is 40.7 Å². The zero-order valence-corrected chi connectivity index (χ0v) is 16.6. The van der Waals surface area contributed by atoms with E-state index >= 15 is 0 Å². The first-order valence-corrected chi connectivity index (χ1v) is 10.4. The molecule has 28 heavy (non-hydrogen) atoms. The Labute approximate surface area is 170 Å². The summed E-state index contributed by atoms with van der Waals surface area (Å²) in [7, 11) is 0. The summed E-state index contributed by atoms with van der Waals surface area (Å²) < 4.78 is 1.78. The van der Waals surface area contributed by atoms with Crippen LogP contribution in [0, 0.1) is 0 Å². The van der Waals surface area contributed by atoms with E-state index < -0.39 is 0 Å². The van der Waals surface area contributed by atoms with E-state index in [1.54, 1.807) is 28.3 Å². The van der Waals surface area contributed by atoms with Gasteiger partial charge in [0.25, 0.3) is 5.56 Å². The van der Waals surface area contributed by atoms with Crippen molar-refractivity contribution < 1.29 is 0 Å². The quantitative estimate of drug-likeness (QED) is 0.530. The van der Waals surface area contributed by atoms with Gasteiger partial charge in [-0.25, -0.2) is 9.67 Å². The van der Waals surface area contributed by atoms with Crippen molar-refractivity contribution >= 4 is 44.3 Å². The number of hydrogen-bond donors (Lipinski definition) is 1. The number of aromatic amines is 1. The van der Waals surface area contributed by atoms with Gasteiger partial charge < -0.3 is 4.98 Å². The van der Waals surface area contributed by atoms with Gasteiger partial charge in [0.15, 0.2) is 5.82 Å². The summed E-state index contributed by atoms with van der Waals surface area (Å²) in [5.74, 6) is 0.394. The summed E-state index contributed by atoms with van der Waals surface area (Å²) in [6, 6.07) is 9.85. The minimum absolute atomic E-state index is 0.106. The first-order chi connectivity index (χ1) is 13.7. The third-order valence-corrected chi connectivity index (χ3v) is 6.44. The van der Waals surface area contributed by atoms with Crippen LogP contribution in [0.15, 0.2) is 47.5 Å². The fraction of sp³-hybridized carbons (Fsp3) is 0.190. The predicted molar refractivity (Wildman–Crippen MR) is 114 cm³/mol. The first-order valence-electron chi connectivity index (χ1n) is 9.21. The highest BCUT2D eigenvalue weighted by atomic mass is 35.5. The standard InChI is InChI=1S/C21H17ClN4OS/c22-16(10-13-11-23-26(12-13)14-6-2-1-3-7-14)19-24-20(27)18-15-8-4-5-9-17(15)28-21(18)25-19/h1-3,6-7,10-12H,4-5,8-9H2,(H,24,25,27)/b16-10-. The summed E-state index contributed by atoms with van der Waals surface area (Å²) in [6.07, 6.45) is 9.69. The van der Waals surface area contributed by atoms with Gasteiger partial charge in [0.1, 0.15) is 4.83 Å².